The number of anilines is 1. The Morgan fingerprint density at radius 2 is 1.81 bits per heavy atom. The van der Waals surface area contributed by atoms with Gasteiger partial charge in [0.15, 0.2) is 0 Å². The van der Waals surface area contributed by atoms with Crippen LogP contribution in [-0.2, 0) is 17.5 Å². The van der Waals surface area contributed by atoms with E-state index in [-0.39, 0.29) is 23.4 Å². The monoisotopic (exact) mass is 372 g/mol. The highest BCUT2D eigenvalue weighted by Crippen LogP contribution is 2.32. The van der Waals surface area contributed by atoms with Crippen LogP contribution >= 0.6 is 0 Å². The molecule has 0 radical (unpaired) electrons. The Kier molecular flexibility index (Phi) is 5.56. The molecule has 2 aromatic carbocycles. The van der Waals surface area contributed by atoms with Crippen molar-refractivity contribution in [3.8, 4) is 0 Å². The molecule has 0 atom stereocenters. The number of rotatable bonds is 5. The highest BCUT2D eigenvalue weighted by Gasteiger charge is 2.31. The summed E-state index contributed by atoms with van der Waals surface area (Å²) >= 11 is 0. The lowest BCUT2D eigenvalue weighted by molar-refractivity contribution is -0.137. The fourth-order valence-corrected chi connectivity index (χ4v) is 2.13. The molecule has 1 amide bonds. The average molecular weight is 372 g/mol. The first-order valence-corrected chi connectivity index (χ1v) is 7.12. The second kappa shape index (κ2) is 7.48. The Hall–Kier alpha value is -3.01. The zero-order chi connectivity index (χ0) is 19.5. The van der Waals surface area contributed by atoms with Gasteiger partial charge in [0, 0.05) is 29.4 Å². The van der Waals surface area contributed by atoms with Gasteiger partial charge < -0.3 is 5.32 Å². The van der Waals surface area contributed by atoms with E-state index in [9.17, 15) is 26.7 Å². The first kappa shape index (κ1) is 19.3. The van der Waals surface area contributed by atoms with Gasteiger partial charge in [0.25, 0.3) is 5.91 Å². The van der Waals surface area contributed by atoms with E-state index in [2.05, 4.69) is 5.32 Å². The van der Waals surface area contributed by atoms with E-state index in [4.69, 9.17) is 11.3 Å². The molecule has 5 N–H and O–H groups in total. The Morgan fingerprint density at radius 1 is 1.12 bits per heavy atom. The number of hydrogen-bond acceptors (Lipinski definition) is 4. The highest BCUT2D eigenvalue weighted by atomic mass is 19.4. The van der Waals surface area contributed by atoms with Gasteiger partial charge in [0.05, 0.1) is 5.56 Å². The fourth-order valence-electron chi connectivity index (χ4n) is 2.13. The number of hydrogen-bond donors (Lipinski definition) is 4. The molecule has 0 unspecified atom stereocenters. The smallest absolute Gasteiger partial charge is 0.380 e. The van der Waals surface area contributed by atoms with Gasteiger partial charge in [0.2, 0.25) is 0 Å². The van der Waals surface area contributed by atoms with Crippen molar-refractivity contribution in [2.24, 2.45) is 5.84 Å². The van der Waals surface area contributed by atoms with Crippen LogP contribution in [0.15, 0.2) is 36.4 Å². The van der Waals surface area contributed by atoms with E-state index in [0.29, 0.717) is 18.2 Å². The summed E-state index contributed by atoms with van der Waals surface area (Å²) in [5.41, 5.74) is -0.390. The lowest BCUT2D eigenvalue weighted by Gasteiger charge is -2.16. The number of carbonyl (C=O) groups excluding carboxylic acids is 1. The molecule has 0 spiro atoms. The second-order valence-electron chi connectivity index (χ2n) is 5.20. The van der Waals surface area contributed by atoms with Crippen molar-refractivity contribution >= 4 is 17.3 Å². The summed E-state index contributed by atoms with van der Waals surface area (Å²) < 4.78 is 65.3. The Labute approximate surface area is 144 Å². The van der Waals surface area contributed by atoms with Gasteiger partial charge in [-0.1, -0.05) is 6.07 Å². The third-order valence-corrected chi connectivity index (χ3v) is 3.46. The standard InChI is InChI=1S/C16H13F5N4O/c17-10-3-1-8(12(18)6-10)7-24-13-5-9(16(19,20)21)2-4-11(13)14(22)15(26)25-23/h1-6,22,24H,7,23H2,(H,25,26). The van der Waals surface area contributed by atoms with Crippen molar-refractivity contribution in [1.82, 2.24) is 5.43 Å². The minimum atomic E-state index is -4.66. The van der Waals surface area contributed by atoms with Crippen molar-refractivity contribution in [3.05, 3.63) is 64.7 Å². The predicted molar refractivity (Wildman–Crippen MR) is 84.3 cm³/mol. The van der Waals surface area contributed by atoms with Crippen LogP contribution in [0.2, 0.25) is 0 Å². The van der Waals surface area contributed by atoms with Crippen molar-refractivity contribution in [3.63, 3.8) is 0 Å². The van der Waals surface area contributed by atoms with E-state index in [1.54, 1.807) is 5.43 Å². The van der Waals surface area contributed by atoms with E-state index in [1.165, 1.54) is 0 Å². The summed E-state index contributed by atoms with van der Waals surface area (Å²) in [5, 5.41) is 10.3. The molecule has 0 aliphatic rings. The normalized spacial score (nSPS) is 11.2. The first-order chi connectivity index (χ1) is 12.1. The van der Waals surface area contributed by atoms with Gasteiger partial charge in [0.1, 0.15) is 17.3 Å². The van der Waals surface area contributed by atoms with Crippen molar-refractivity contribution in [2.75, 3.05) is 5.32 Å². The summed E-state index contributed by atoms with van der Waals surface area (Å²) in [7, 11) is 0. The van der Waals surface area contributed by atoms with Gasteiger partial charge in [-0.25, -0.2) is 14.6 Å². The van der Waals surface area contributed by atoms with Crippen LogP contribution in [0.1, 0.15) is 16.7 Å². The van der Waals surface area contributed by atoms with Gasteiger partial charge in [-0.05, 0) is 24.3 Å². The third kappa shape index (κ3) is 4.33. The Morgan fingerprint density at radius 3 is 2.38 bits per heavy atom. The molecule has 26 heavy (non-hydrogen) atoms. The van der Waals surface area contributed by atoms with Crippen LogP contribution in [0, 0.1) is 17.0 Å². The van der Waals surface area contributed by atoms with Crippen LogP contribution in [0.25, 0.3) is 0 Å². The van der Waals surface area contributed by atoms with Gasteiger partial charge >= 0.3 is 6.18 Å². The Bertz CT molecular complexity index is 851. The summed E-state index contributed by atoms with van der Waals surface area (Å²) in [6.45, 7) is -0.294. The molecule has 5 nitrogen and oxygen atoms in total. The summed E-state index contributed by atoms with van der Waals surface area (Å²) in [6.07, 6.45) is -4.66. The predicted octanol–water partition coefficient (Wildman–Crippen LogP) is 2.95. The third-order valence-electron chi connectivity index (χ3n) is 3.46. The van der Waals surface area contributed by atoms with Crippen LogP contribution in [0.5, 0.6) is 0 Å². The number of benzene rings is 2. The molecule has 0 fully saturated rings. The zero-order valence-corrected chi connectivity index (χ0v) is 13.0. The van der Waals surface area contributed by atoms with Crippen LogP contribution in [-0.4, -0.2) is 11.6 Å². The molecule has 138 valence electrons. The van der Waals surface area contributed by atoms with Crippen LogP contribution < -0.4 is 16.6 Å². The zero-order valence-electron chi connectivity index (χ0n) is 13.0. The van der Waals surface area contributed by atoms with Gasteiger partial charge in [-0.3, -0.25) is 15.6 Å². The average Bonchev–Trinajstić information content (AvgIpc) is 2.58. The van der Waals surface area contributed by atoms with E-state index in [1.807, 2.05) is 0 Å². The van der Waals surface area contributed by atoms with Crippen LogP contribution in [0.4, 0.5) is 27.6 Å². The maximum atomic E-state index is 13.7. The maximum Gasteiger partial charge on any atom is 0.416 e. The molecule has 0 saturated carbocycles. The molecule has 0 aromatic heterocycles. The SMILES string of the molecule is N=C(C(=O)NN)c1ccc(C(F)(F)F)cc1NCc1ccc(F)cc1F. The largest absolute Gasteiger partial charge is 0.416 e. The minimum Gasteiger partial charge on any atom is -0.380 e. The molecule has 0 bridgehead atoms. The topological polar surface area (TPSA) is 91.0 Å². The lowest BCUT2D eigenvalue weighted by atomic mass is 10.0. The van der Waals surface area contributed by atoms with Crippen molar-refractivity contribution in [1.29, 1.82) is 5.41 Å². The number of halogens is 5. The first-order valence-electron chi connectivity index (χ1n) is 7.12. The van der Waals surface area contributed by atoms with Gasteiger partial charge in [-0.2, -0.15) is 13.2 Å². The molecule has 10 heteroatoms. The van der Waals surface area contributed by atoms with Gasteiger partial charge in [-0.15, -0.1) is 0 Å². The molecule has 0 heterocycles. The molecule has 0 saturated heterocycles. The molecule has 0 aliphatic heterocycles. The number of hydrazine groups is 1. The molecule has 2 aromatic rings. The molecular formula is C16H13F5N4O. The number of carbonyl (C=O) groups is 1. The summed E-state index contributed by atoms with van der Waals surface area (Å²) in [4.78, 5) is 11.5. The number of alkyl halides is 3. The van der Waals surface area contributed by atoms with Crippen molar-refractivity contribution in [2.45, 2.75) is 12.7 Å². The Balaban J connectivity index is 2.39. The number of nitrogens with two attached hydrogens (primary N) is 1. The highest BCUT2D eigenvalue weighted by molar-refractivity contribution is 6.45. The molecule has 2 rings (SSSR count). The minimum absolute atomic E-state index is 0.00966. The van der Waals surface area contributed by atoms with E-state index >= 15 is 0 Å². The van der Waals surface area contributed by atoms with E-state index in [0.717, 1.165) is 18.2 Å². The van der Waals surface area contributed by atoms with E-state index < -0.39 is 35.0 Å². The maximum absolute atomic E-state index is 13.7. The summed E-state index contributed by atoms with van der Waals surface area (Å²) in [5.74, 6) is 2.23. The van der Waals surface area contributed by atoms with Crippen LogP contribution in [0.3, 0.4) is 0 Å². The molecular weight excluding hydrogens is 359 g/mol. The number of amides is 1. The van der Waals surface area contributed by atoms with Crippen molar-refractivity contribution < 1.29 is 26.7 Å². The number of nitrogens with one attached hydrogen (secondary N) is 3. The summed E-state index contributed by atoms with van der Waals surface area (Å²) in [6, 6.07) is 5.09. The molecule has 0 aliphatic carbocycles. The fraction of sp³-hybridized carbons (Fsp3) is 0.125. The quantitative estimate of drug-likeness (QED) is 0.214. The lowest BCUT2D eigenvalue weighted by Crippen LogP contribution is -2.36. The second-order valence-corrected chi connectivity index (χ2v) is 5.20.